The molecule has 2 aromatic heterocycles. The lowest BCUT2D eigenvalue weighted by Gasteiger charge is -2.35. The van der Waals surface area contributed by atoms with Crippen molar-refractivity contribution in [1.82, 2.24) is 19.8 Å². The molecular formula is C20H22N4O2. The van der Waals surface area contributed by atoms with E-state index in [0.717, 1.165) is 27.9 Å². The van der Waals surface area contributed by atoms with Crippen LogP contribution in [0.25, 0.3) is 10.9 Å². The van der Waals surface area contributed by atoms with Crippen molar-refractivity contribution >= 4 is 22.7 Å². The Balaban J connectivity index is 1.43. The number of hydrogen-bond donors (Lipinski definition) is 2. The fraction of sp³-hybridized carbons (Fsp3) is 0.300. The number of fused-ring (bicyclic) bond motifs is 1. The average Bonchev–Trinajstić information content (AvgIpc) is 3.27. The van der Waals surface area contributed by atoms with Crippen LogP contribution in [0, 0.1) is 6.92 Å². The number of carbonyl (C=O) groups excluding carboxylic acids is 2. The third-order valence-electron chi connectivity index (χ3n) is 5.03. The predicted octanol–water partition coefficient (Wildman–Crippen LogP) is 2.33. The molecule has 4 rings (SSSR count). The van der Waals surface area contributed by atoms with Crippen molar-refractivity contribution in [2.24, 2.45) is 0 Å². The summed E-state index contributed by atoms with van der Waals surface area (Å²) >= 11 is 0. The minimum absolute atomic E-state index is 0.0383. The number of benzene rings is 1. The minimum atomic E-state index is 0.0383. The predicted molar refractivity (Wildman–Crippen MR) is 100 cm³/mol. The highest BCUT2D eigenvalue weighted by atomic mass is 16.2. The lowest BCUT2D eigenvalue weighted by Crippen LogP contribution is -2.51. The molecule has 0 spiro atoms. The molecule has 3 aromatic rings. The monoisotopic (exact) mass is 350 g/mol. The normalized spacial score (nSPS) is 14.8. The first-order chi connectivity index (χ1) is 12.6. The zero-order valence-electron chi connectivity index (χ0n) is 14.8. The van der Waals surface area contributed by atoms with Gasteiger partial charge >= 0.3 is 0 Å². The molecule has 6 heteroatoms. The van der Waals surface area contributed by atoms with E-state index >= 15 is 0 Å². The Kier molecular flexibility index (Phi) is 4.24. The third-order valence-corrected chi connectivity index (χ3v) is 5.03. The van der Waals surface area contributed by atoms with E-state index in [9.17, 15) is 9.59 Å². The zero-order chi connectivity index (χ0) is 18.1. The molecule has 2 N–H and O–H groups in total. The van der Waals surface area contributed by atoms with Gasteiger partial charge in [0, 0.05) is 54.7 Å². The fourth-order valence-electron chi connectivity index (χ4n) is 3.62. The number of aryl methyl sites for hydroxylation is 1. The second-order valence-electron chi connectivity index (χ2n) is 6.72. The van der Waals surface area contributed by atoms with Crippen LogP contribution >= 0.6 is 0 Å². The molecule has 0 aliphatic carbocycles. The van der Waals surface area contributed by atoms with Gasteiger partial charge in [-0.3, -0.25) is 9.59 Å². The second kappa shape index (κ2) is 6.71. The van der Waals surface area contributed by atoms with Crippen molar-refractivity contribution in [1.29, 1.82) is 0 Å². The summed E-state index contributed by atoms with van der Waals surface area (Å²) in [6, 6.07) is 11.7. The lowest BCUT2D eigenvalue weighted by atomic mass is 10.1. The van der Waals surface area contributed by atoms with Crippen LogP contribution in [0.3, 0.4) is 0 Å². The molecule has 0 atom stereocenters. The molecule has 6 nitrogen and oxygen atoms in total. The lowest BCUT2D eigenvalue weighted by molar-refractivity contribution is -0.132. The van der Waals surface area contributed by atoms with Gasteiger partial charge in [-0.05, 0) is 25.1 Å². The number of amides is 2. The summed E-state index contributed by atoms with van der Waals surface area (Å²) in [5.74, 6) is 0.138. The summed E-state index contributed by atoms with van der Waals surface area (Å²) in [5, 5.41) is 0.959. The molecule has 26 heavy (non-hydrogen) atoms. The van der Waals surface area contributed by atoms with Crippen molar-refractivity contribution in [2.45, 2.75) is 13.3 Å². The number of aromatic amines is 2. The summed E-state index contributed by atoms with van der Waals surface area (Å²) in [7, 11) is 0. The number of rotatable bonds is 3. The van der Waals surface area contributed by atoms with E-state index < -0.39 is 0 Å². The Hall–Kier alpha value is -3.02. The van der Waals surface area contributed by atoms with Gasteiger partial charge in [-0.25, -0.2) is 0 Å². The van der Waals surface area contributed by atoms with Crippen LogP contribution in [0.2, 0.25) is 0 Å². The van der Waals surface area contributed by atoms with E-state index in [4.69, 9.17) is 0 Å². The molecule has 3 heterocycles. The van der Waals surface area contributed by atoms with Gasteiger partial charge in [0.15, 0.2) is 0 Å². The van der Waals surface area contributed by atoms with Crippen LogP contribution < -0.4 is 0 Å². The topological polar surface area (TPSA) is 72.2 Å². The van der Waals surface area contributed by atoms with E-state index in [1.807, 2.05) is 59.3 Å². The summed E-state index contributed by atoms with van der Waals surface area (Å²) in [4.78, 5) is 35.5. The molecule has 1 saturated heterocycles. The molecule has 0 unspecified atom stereocenters. The standard InChI is InChI=1S/C20H22N4O2/c1-14-19(16-6-2-3-7-17(16)22-14)20(26)24-11-9-23(10-12-24)18(25)13-15-5-4-8-21-15/h2-8,21-22H,9-13H2,1H3. The Labute approximate surface area is 151 Å². The number of piperazine rings is 1. The molecule has 0 saturated carbocycles. The van der Waals surface area contributed by atoms with Crippen molar-refractivity contribution < 1.29 is 9.59 Å². The zero-order valence-corrected chi connectivity index (χ0v) is 14.8. The molecule has 1 aromatic carbocycles. The number of H-pyrrole nitrogens is 2. The van der Waals surface area contributed by atoms with Crippen molar-refractivity contribution in [3.63, 3.8) is 0 Å². The highest BCUT2D eigenvalue weighted by molar-refractivity contribution is 6.08. The minimum Gasteiger partial charge on any atom is -0.365 e. The first-order valence-electron chi connectivity index (χ1n) is 8.90. The van der Waals surface area contributed by atoms with Gasteiger partial charge in [0.05, 0.1) is 12.0 Å². The fourth-order valence-corrected chi connectivity index (χ4v) is 3.62. The Morgan fingerprint density at radius 3 is 2.46 bits per heavy atom. The van der Waals surface area contributed by atoms with Crippen LogP contribution in [-0.4, -0.2) is 57.8 Å². The summed E-state index contributed by atoms with van der Waals surface area (Å²) in [6.07, 6.45) is 2.20. The summed E-state index contributed by atoms with van der Waals surface area (Å²) < 4.78 is 0. The number of carbonyl (C=O) groups is 2. The third kappa shape index (κ3) is 2.98. The average molecular weight is 350 g/mol. The molecule has 134 valence electrons. The molecular weight excluding hydrogens is 328 g/mol. The van der Waals surface area contributed by atoms with Crippen molar-refractivity contribution in [2.75, 3.05) is 26.2 Å². The Morgan fingerprint density at radius 2 is 1.73 bits per heavy atom. The first kappa shape index (κ1) is 16.4. The highest BCUT2D eigenvalue weighted by Crippen LogP contribution is 2.24. The Bertz CT molecular complexity index is 934. The van der Waals surface area contributed by atoms with Gasteiger partial charge in [-0.15, -0.1) is 0 Å². The molecule has 0 radical (unpaired) electrons. The molecule has 0 bridgehead atoms. The van der Waals surface area contributed by atoms with Gasteiger partial charge in [-0.1, -0.05) is 18.2 Å². The molecule has 1 fully saturated rings. The van der Waals surface area contributed by atoms with Crippen LogP contribution in [0.5, 0.6) is 0 Å². The maximum atomic E-state index is 13.0. The van der Waals surface area contributed by atoms with Crippen LogP contribution in [0.4, 0.5) is 0 Å². The molecule has 1 aliphatic rings. The van der Waals surface area contributed by atoms with Crippen LogP contribution in [0.1, 0.15) is 21.7 Å². The smallest absolute Gasteiger partial charge is 0.256 e. The number of nitrogens with one attached hydrogen (secondary N) is 2. The van der Waals surface area contributed by atoms with Crippen LogP contribution in [-0.2, 0) is 11.2 Å². The van der Waals surface area contributed by atoms with Crippen molar-refractivity contribution in [3.05, 3.63) is 59.5 Å². The maximum absolute atomic E-state index is 13.0. The number of nitrogens with zero attached hydrogens (tertiary/aromatic N) is 2. The first-order valence-corrected chi connectivity index (χ1v) is 8.90. The van der Waals surface area contributed by atoms with E-state index in [2.05, 4.69) is 9.97 Å². The van der Waals surface area contributed by atoms with E-state index in [0.29, 0.717) is 32.6 Å². The second-order valence-corrected chi connectivity index (χ2v) is 6.72. The molecule has 1 aliphatic heterocycles. The largest absolute Gasteiger partial charge is 0.365 e. The van der Waals surface area contributed by atoms with Crippen molar-refractivity contribution in [3.8, 4) is 0 Å². The number of hydrogen-bond acceptors (Lipinski definition) is 2. The quantitative estimate of drug-likeness (QED) is 0.761. The van der Waals surface area contributed by atoms with Gasteiger partial charge < -0.3 is 19.8 Å². The van der Waals surface area contributed by atoms with Gasteiger partial charge in [0.2, 0.25) is 5.91 Å². The maximum Gasteiger partial charge on any atom is 0.256 e. The van der Waals surface area contributed by atoms with Gasteiger partial charge in [0.25, 0.3) is 5.91 Å². The SMILES string of the molecule is Cc1[nH]c2ccccc2c1C(=O)N1CCN(C(=O)Cc2ccc[nH]2)CC1. The van der Waals surface area contributed by atoms with Gasteiger partial charge in [0.1, 0.15) is 0 Å². The number of aromatic nitrogens is 2. The molecule has 2 amide bonds. The van der Waals surface area contributed by atoms with E-state index in [1.54, 1.807) is 0 Å². The Morgan fingerprint density at radius 1 is 1.00 bits per heavy atom. The summed E-state index contributed by atoms with van der Waals surface area (Å²) in [6.45, 7) is 4.21. The number of para-hydroxylation sites is 1. The summed E-state index contributed by atoms with van der Waals surface area (Å²) in [5.41, 5.74) is 3.53. The van der Waals surface area contributed by atoms with E-state index in [-0.39, 0.29) is 11.8 Å². The van der Waals surface area contributed by atoms with E-state index in [1.165, 1.54) is 0 Å². The highest BCUT2D eigenvalue weighted by Gasteiger charge is 2.27. The van der Waals surface area contributed by atoms with Crippen LogP contribution in [0.15, 0.2) is 42.6 Å². The van der Waals surface area contributed by atoms with Gasteiger partial charge in [-0.2, -0.15) is 0 Å².